The predicted molar refractivity (Wildman–Crippen MR) is 119 cm³/mol. The van der Waals surface area contributed by atoms with E-state index in [0.717, 1.165) is 43.0 Å². The number of fused-ring (bicyclic) bond motifs is 1. The molecule has 2 aromatic rings. The molecule has 29 heavy (non-hydrogen) atoms. The van der Waals surface area contributed by atoms with Crippen LogP contribution in [-0.2, 0) is 0 Å². The van der Waals surface area contributed by atoms with Crippen molar-refractivity contribution in [2.45, 2.75) is 76.7 Å². The van der Waals surface area contributed by atoms with Crippen molar-refractivity contribution in [2.24, 2.45) is 0 Å². The minimum absolute atomic E-state index is 0.131. The smallest absolute Gasteiger partial charge is 0.408 e. The monoisotopic (exact) mass is 396 g/mol. The third kappa shape index (κ3) is 4.67. The lowest BCUT2D eigenvalue weighted by Gasteiger charge is -2.39. The van der Waals surface area contributed by atoms with Crippen LogP contribution in [0, 0.1) is 0 Å². The maximum atomic E-state index is 13.2. The number of benzene rings is 1. The van der Waals surface area contributed by atoms with Gasteiger partial charge in [-0.1, -0.05) is 44.2 Å². The summed E-state index contributed by atoms with van der Waals surface area (Å²) in [7, 11) is -0.814. The highest BCUT2D eigenvalue weighted by Crippen LogP contribution is 2.29. The molecule has 1 aliphatic heterocycles. The molecule has 7 heteroatoms. The molecule has 0 spiro atoms. The highest BCUT2D eigenvalue weighted by molar-refractivity contribution is 6.52. The first-order chi connectivity index (χ1) is 14.1. The fraction of sp³-hybridized carbons (Fsp3) is 0.636. The first kappa shape index (κ1) is 20.4. The van der Waals surface area contributed by atoms with Gasteiger partial charge in [0.2, 0.25) is 0 Å². The van der Waals surface area contributed by atoms with Crippen molar-refractivity contribution in [3.63, 3.8) is 0 Å². The molecule has 156 valence electrons. The zero-order valence-corrected chi connectivity index (χ0v) is 17.5. The molecule has 0 atom stereocenters. The Bertz CT molecular complexity index is 869. The Hall–Kier alpha value is -1.86. The molecule has 6 nitrogen and oxygen atoms in total. The predicted octanol–water partition coefficient (Wildman–Crippen LogP) is 3.67. The number of likely N-dealkylation sites (tertiary alicyclic amines) is 1. The van der Waals surface area contributed by atoms with Crippen LogP contribution in [0.3, 0.4) is 0 Å². The van der Waals surface area contributed by atoms with E-state index in [0.29, 0.717) is 0 Å². The van der Waals surface area contributed by atoms with Crippen LogP contribution in [0.15, 0.2) is 29.1 Å². The van der Waals surface area contributed by atoms with Crippen LogP contribution in [-0.4, -0.2) is 45.7 Å². The average molecular weight is 396 g/mol. The van der Waals surface area contributed by atoms with Crippen LogP contribution in [0.25, 0.3) is 11.0 Å². The van der Waals surface area contributed by atoms with Crippen molar-refractivity contribution >= 4 is 23.9 Å². The molecular weight excluding hydrogens is 363 g/mol. The maximum absolute atomic E-state index is 13.2. The lowest BCUT2D eigenvalue weighted by molar-refractivity contribution is 0.116. The van der Waals surface area contributed by atoms with Gasteiger partial charge in [0.05, 0.1) is 11.0 Å². The van der Waals surface area contributed by atoms with Crippen LogP contribution in [0.1, 0.15) is 63.8 Å². The number of nitrogens with one attached hydrogen (secondary N) is 1. The first-order valence-electron chi connectivity index (χ1n) is 11.3. The van der Waals surface area contributed by atoms with Gasteiger partial charge in [0, 0.05) is 25.2 Å². The van der Waals surface area contributed by atoms with Gasteiger partial charge in [0.25, 0.3) is 5.56 Å². The van der Waals surface area contributed by atoms with Crippen molar-refractivity contribution in [3.05, 3.63) is 34.6 Å². The topological polar surface area (TPSA) is 70.4 Å². The van der Waals surface area contributed by atoms with Crippen LogP contribution in [0.5, 0.6) is 0 Å². The largest absolute Gasteiger partial charge is 0.433 e. The molecule has 1 aromatic carbocycles. The summed E-state index contributed by atoms with van der Waals surface area (Å²) in [4.78, 5) is 20.3. The number of aromatic nitrogens is 2. The van der Waals surface area contributed by atoms with Gasteiger partial charge in [0.1, 0.15) is 0 Å². The van der Waals surface area contributed by atoms with Gasteiger partial charge in [-0.25, -0.2) is 4.98 Å². The van der Waals surface area contributed by atoms with Gasteiger partial charge in [-0.05, 0) is 44.6 Å². The van der Waals surface area contributed by atoms with Gasteiger partial charge in [0.15, 0.2) is 5.82 Å². The maximum Gasteiger partial charge on any atom is 0.408 e. The number of nitrogens with zero attached hydrogens (tertiary/aromatic N) is 3. The van der Waals surface area contributed by atoms with E-state index in [2.05, 4.69) is 15.1 Å². The Morgan fingerprint density at radius 3 is 2.34 bits per heavy atom. The van der Waals surface area contributed by atoms with Crippen molar-refractivity contribution in [1.82, 2.24) is 14.5 Å². The van der Waals surface area contributed by atoms with Gasteiger partial charge in [-0.15, -0.1) is 0 Å². The van der Waals surface area contributed by atoms with Crippen LogP contribution >= 0.6 is 0 Å². The lowest BCUT2D eigenvalue weighted by Crippen LogP contribution is -2.44. The van der Waals surface area contributed by atoms with Crippen molar-refractivity contribution in [2.75, 3.05) is 18.3 Å². The number of anilines is 1. The second kappa shape index (κ2) is 9.31. The van der Waals surface area contributed by atoms with Gasteiger partial charge >= 0.3 is 7.05 Å². The molecule has 0 amide bonds. The summed E-state index contributed by atoms with van der Waals surface area (Å²) in [5.74, 6) is 0.237. The van der Waals surface area contributed by atoms with E-state index in [4.69, 9.17) is 0 Å². The number of para-hydroxylation sites is 2. The Labute approximate surface area is 173 Å². The molecule has 0 bridgehead atoms. The average Bonchev–Trinajstić information content (AvgIpc) is 2.69. The molecule has 1 aromatic heterocycles. The summed E-state index contributed by atoms with van der Waals surface area (Å²) in [6.07, 6.45) is 11.5. The molecule has 4 rings (SSSR count). The van der Waals surface area contributed by atoms with E-state index in [1.807, 2.05) is 28.8 Å². The number of rotatable bonds is 4. The standard InChI is InChI=1S/C22H33BN4O2/c1-23(29)25-21-22(28)27(20-12-8-7-11-19(20)24-21)18-13-15-26(16-14-18)17-9-5-3-2-4-6-10-17/h7-8,11-12,17-18,29H,2-6,9-10,13-16H2,1H3,(H,24,25). The third-order valence-corrected chi connectivity index (χ3v) is 6.60. The molecular formula is C22H33BN4O2. The van der Waals surface area contributed by atoms with Crippen molar-refractivity contribution < 1.29 is 5.02 Å². The minimum Gasteiger partial charge on any atom is -0.433 e. The molecule has 2 N–H and O–H groups in total. The highest BCUT2D eigenvalue weighted by atomic mass is 16.2. The number of hydrogen-bond donors (Lipinski definition) is 2. The Balaban J connectivity index is 1.56. The van der Waals surface area contributed by atoms with E-state index >= 15 is 0 Å². The Morgan fingerprint density at radius 1 is 1.00 bits per heavy atom. The summed E-state index contributed by atoms with van der Waals surface area (Å²) >= 11 is 0. The van der Waals surface area contributed by atoms with E-state index in [1.165, 1.54) is 44.9 Å². The van der Waals surface area contributed by atoms with Crippen LogP contribution in [0.4, 0.5) is 5.82 Å². The quantitative estimate of drug-likeness (QED) is 0.772. The highest BCUT2D eigenvalue weighted by Gasteiger charge is 2.28. The normalized spacial score (nSPS) is 20.3. The van der Waals surface area contributed by atoms with Crippen LogP contribution in [0.2, 0.25) is 6.82 Å². The second-order valence-electron chi connectivity index (χ2n) is 8.71. The molecule has 0 radical (unpaired) electrons. The Morgan fingerprint density at radius 2 is 1.66 bits per heavy atom. The molecule has 1 saturated heterocycles. The number of piperidine rings is 1. The molecule has 2 aliphatic rings. The fourth-order valence-electron chi connectivity index (χ4n) is 5.12. The molecule has 2 fully saturated rings. The van der Waals surface area contributed by atoms with Crippen molar-refractivity contribution in [1.29, 1.82) is 0 Å². The van der Waals surface area contributed by atoms with Crippen LogP contribution < -0.4 is 10.8 Å². The van der Waals surface area contributed by atoms with Gasteiger partial charge in [-0.3, -0.25) is 4.79 Å². The third-order valence-electron chi connectivity index (χ3n) is 6.60. The van der Waals surface area contributed by atoms with E-state index in [-0.39, 0.29) is 17.4 Å². The van der Waals surface area contributed by atoms with Gasteiger partial charge < -0.3 is 19.7 Å². The summed E-state index contributed by atoms with van der Waals surface area (Å²) in [5, 5.41) is 12.5. The first-order valence-corrected chi connectivity index (χ1v) is 11.3. The summed E-state index contributed by atoms with van der Waals surface area (Å²) in [6.45, 7) is 3.71. The fourth-order valence-corrected chi connectivity index (χ4v) is 5.12. The zero-order valence-electron chi connectivity index (χ0n) is 17.5. The number of hydrogen-bond acceptors (Lipinski definition) is 5. The van der Waals surface area contributed by atoms with Crippen molar-refractivity contribution in [3.8, 4) is 0 Å². The summed E-state index contributed by atoms with van der Waals surface area (Å²) in [6, 6.07) is 8.71. The summed E-state index contributed by atoms with van der Waals surface area (Å²) < 4.78 is 1.92. The SMILES string of the molecule is CB(O)Nc1nc2ccccc2n(C2CCN(C3CCCCCCC3)CC2)c1=O. The zero-order chi connectivity index (χ0) is 20.2. The molecule has 0 unspecified atom stereocenters. The lowest BCUT2D eigenvalue weighted by atomic mass is 9.89. The Kier molecular flexibility index (Phi) is 6.55. The summed E-state index contributed by atoms with van der Waals surface area (Å²) in [5.41, 5.74) is 1.55. The van der Waals surface area contributed by atoms with E-state index in [9.17, 15) is 9.82 Å². The van der Waals surface area contributed by atoms with E-state index < -0.39 is 7.05 Å². The molecule has 2 heterocycles. The second-order valence-corrected chi connectivity index (χ2v) is 8.71. The van der Waals surface area contributed by atoms with Gasteiger partial charge in [-0.2, -0.15) is 0 Å². The minimum atomic E-state index is -0.814. The van der Waals surface area contributed by atoms with E-state index in [1.54, 1.807) is 6.82 Å². The molecule has 1 saturated carbocycles. The molecule has 1 aliphatic carbocycles.